The lowest BCUT2D eigenvalue weighted by molar-refractivity contribution is 0.0685. The molecule has 0 aromatic carbocycles. The molecule has 1 aliphatic heterocycles. The first kappa shape index (κ1) is 13.6. The van der Waals surface area contributed by atoms with E-state index in [1.807, 2.05) is 0 Å². The van der Waals surface area contributed by atoms with Crippen LogP contribution in [0.5, 0.6) is 0 Å². The van der Waals surface area contributed by atoms with Crippen LogP contribution >= 0.6 is 0 Å². The lowest BCUT2D eigenvalue weighted by Gasteiger charge is -2.14. The van der Waals surface area contributed by atoms with Crippen molar-refractivity contribution >= 4 is 16.0 Å². The molecule has 3 rings (SSSR count). The summed E-state index contributed by atoms with van der Waals surface area (Å²) in [6.45, 7) is 0.333. The van der Waals surface area contributed by atoms with Crippen LogP contribution in [0.25, 0.3) is 0 Å². The Balaban J connectivity index is 1.97. The van der Waals surface area contributed by atoms with Crippen molar-refractivity contribution in [3.63, 3.8) is 0 Å². The molecule has 2 aliphatic rings. The minimum atomic E-state index is -3.72. The lowest BCUT2D eigenvalue weighted by Crippen LogP contribution is -2.29. The molecule has 0 spiro atoms. The number of sulfonamides is 1. The molecule has 1 aliphatic carbocycles. The maximum Gasteiger partial charge on any atom is 0.352 e. The number of rotatable bonds is 4. The minimum Gasteiger partial charge on any atom is -0.477 e. The summed E-state index contributed by atoms with van der Waals surface area (Å²) < 4.78 is 27.6. The van der Waals surface area contributed by atoms with E-state index < -0.39 is 22.1 Å². The summed E-state index contributed by atoms with van der Waals surface area (Å²) in [6, 6.07) is 1.30. The molecule has 110 valence electrons. The van der Waals surface area contributed by atoms with Crippen molar-refractivity contribution in [1.29, 1.82) is 0 Å². The number of β-amino-alcohol motifs (C(OH)–C–C–N with tert-alkyl or cyclic N) is 1. The molecule has 7 nitrogen and oxygen atoms in total. The van der Waals surface area contributed by atoms with Crippen LogP contribution in [-0.2, 0) is 10.0 Å². The van der Waals surface area contributed by atoms with Gasteiger partial charge in [0.05, 0.1) is 6.10 Å². The first-order valence-electron chi connectivity index (χ1n) is 6.53. The first-order chi connectivity index (χ1) is 9.39. The summed E-state index contributed by atoms with van der Waals surface area (Å²) in [4.78, 5) is 11.2. The number of aliphatic hydroxyl groups is 1. The molecule has 1 saturated carbocycles. The maximum absolute atomic E-state index is 12.4. The number of carboxylic acid groups (broad SMARTS) is 1. The van der Waals surface area contributed by atoms with E-state index >= 15 is 0 Å². The van der Waals surface area contributed by atoms with E-state index in [1.54, 1.807) is 0 Å². The largest absolute Gasteiger partial charge is 0.477 e. The quantitative estimate of drug-likeness (QED) is 0.832. The van der Waals surface area contributed by atoms with Crippen molar-refractivity contribution < 1.29 is 23.4 Å². The van der Waals surface area contributed by atoms with Gasteiger partial charge in [-0.3, -0.25) is 0 Å². The fourth-order valence-corrected chi connectivity index (χ4v) is 4.02. The van der Waals surface area contributed by atoms with Gasteiger partial charge in [-0.1, -0.05) is 0 Å². The number of hydrogen-bond donors (Lipinski definition) is 2. The average molecular weight is 300 g/mol. The van der Waals surface area contributed by atoms with E-state index in [0.29, 0.717) is 6.42 Å². The number of aromatic nitrogens is 1. The number of carbonyl (C=O) groups is 1. The number of carboxylic acids is 1. The zero-order chi connectivity index (χ0) is 14.5. The Morgan fingerprint density at radius 2 is 2.00 bits per heavy atom. The van der Waals surface area contributed by atoms with Gasteiger partial charge in [-0.15, -0.1) is 0 Å². The zero-order valence-corrected chi connectivity index (χ0v) is 11.6. The van der Waals surface area contributed by atoms with Crippen molar-refractivity contribution in [2.24, 2.45) is 0 Å². The predicted octanol–water partition coefficient (Wildman–Crippen LogP) is 0.276. The van der Waals surface area contributed by atoms with E-state index in [9.17, 15) is 18.3 Å². The van der Waals surface area contributed by atoms with Crippen LogP contribution in [0.1, 0.15) is 35.8 Å². The monoisotopic (exact) mass is 300 g/mol. The highest BCUT2D eigenvalue weighted by Crippen LogP contribution is 2.37. The molecule has 2 heterocycles. The van der Waals surface area contributed by atoms with E-state index in [2.05, 4.69) is 0 Å². The van der Waals surface area contributed by atoms with Gasteiger partial charge in [0.2, 0.25) is 10.0 Å². The molecule has 0 radical (unpaired) electrons. The Morgan fingerprint density at radius 1 is 1.30 bits per heavy atom. The Morgan fingerprint density at radius 3 is 2.50 bits per heavy atom. The van der Waals surface area contributed by atoms with E-state index in [1.165, 1.54) is 21.1 Å². The third kappa shape index (κ3) is 2.23. The van der Waals surface area contributed by atoms with Crippen LogP contribution in [0.2, 0.25) is 0 Å². The van der Waals surface area contributed by atoms with Crippen LogP contribution in [0.15, 0.2) is 17.2 Å². The molecule has 0 amide bonds. The second kappa shape index (κ2) is 4.57. The highest BCUT2D eigenvalue weighted by Gasteiger charge is 2.35. The molecular weight excluding hydrogens is 284 g/mol. The van der Waals surface area contributed by atoms with Crippen LogP contribution in [0, 0.1) is 0 Å². The molecule has 1 aromatic rings. The van der Waals surface area contributed by atoms with Crippen molar-refractivity contribution in [3.05, 3.63) is 18.0 Å². The lowest BCUT2D eigenvalue weighted by atomic mass is 10.3. The zero-order valence-electron chi connectivity index (χ0n) is 10.8. The third-order valence-electron chi connectivity index (χ3n) is 3.75. The smallest absolute Gasteiger partial charge is 0.352 e. The Labute approximate surface area is 116 Å². The SMILES string of the molecule is O=C(O)c1cc(S(=O)(=O)N2CCC(O)C2)cn1C1CC1. The number of aliphatic hydroxyl groups excluding tert-OH is 1. The average Bonchev–Trinajstić information content (AvgIpc) is 2.95. The van der Waals surface area contributed by atoms with Crippen molar-refractivity contribution in [2.75, 3.05) is 13.1 Å². The van der Waals surface area contributed by atoms with Gasteiger partial charge in [-0.25, -0.2) is 13.2 Å². The van der Waals surface area contributed by atoms with Gasteiger partial charge in [0.15, 0.2) is 0 Å². The summed E-state index contributed by atoms with van der Waals surface area (Å²) in [5.41, 5.74) is 0.00539. The van der Waals surface area contributed by atoms with Crippen molar-refractivity contribution in [1.82, 2.24) is 8.87 Å². The molecule has 0 bridgehead atoms. The van der Waals surface area contributed by atoms with Gasteiger partial charge in [-0.05, 0) is 25.3 Å². The summed E-state index contributed by atoms with van der Waals surface area (Å²) in [5.74, 6) is -1.13. The molecule has 20 heavy (non-hydrogen) atoms. The Kier molecular flexibility index (Phi) is 3.11. The molecule has 2 N–H and O–H groups in total. The second-order valence-electron chi connectivity index (χ2n) is 5.31. The molecule has 1 atom stereocenters. The second-order valence-corrected chi connectivity index (χ2v) is 7.25. The molecule has 1 saturated heterocycles. The maximum atomic E-state index is 12.4. The van der Waals surface area contributed by atoms with Crippen LogP contribution < -0.4 is 0 Å². The molecular formula is C12H16N2O5S. The number of nitrogens with zero attached hydrogens (tertiary/aromatic N) is 2. The Hall–Kier alpha value is -1.38. The normalized spacial score (nSPS) is 24.1. The topological polar surface area (TPSA) is 99.8 Å². The van der Waals surface area contributed by atoms with Gasteiger partial charge >= 0.3 is 5.97 Å². The van der Waals surface area contributed by atoms with Gasteiger partial charge in [0, 0.05) is 25.3 Å². The van der Waals surface area contributed by atoms with Crippen LogP contribution in [0.3, 0.4) is 0 Å². The minimum absolute atomic E-state index is 0.00380. The van der Waals surface area contributed by atoms with Gasteiger partial charge < -0.3 is 14.8 Å². The van der Waals surface area contributed by atoms with Gasteiger partial charge in [0.1, 0.15) is 10.6 Å². The van der Waals surface area contributed by atoms with Crippen LogP contribution in [-0.4, -0.2) is 52.7 Å². The summed E-state index contributed by atoms with van der Waals surface area (Å²) in [7, 11) is -3.72. The van der Waals surface area contributed by atoms with Gasteiger partial charge in [0.25, 0.3) is 0 Å². The van der Waals surface area contributed by atoms with Crippen molar-refractivity contribution in [3.8, 4) is 0 Å². The standard InChI is InChI=1S/C12H16N2O5S/c15-9-3-4-13(6-9)20(18,19)10-5-11(12(16)17)14(7-10)8-1-2-8/h5,7-9,15H,1-4,6H2,(H,16,17). The fraction of sp³-hybridized carbons (Fsp3) is 0.583. The molecule has 1 aromatic heterocycles. The Bertz CT molecular complexity index is 647. The van der Waals surface area contributed by atoms with E-state index in [-0.39, 0.29) is 29.7 Å². The van der Waals surface area contributed by atoms with Crippen molar-refractivity contribution in [2.45, 2.75) is 36.3 Å². The number of aromatic carboxylic acids is 1. The van der Waals surface area contributed by atoms with Gasteiger partial charge in [-0.2, -0.15) is 4.31 Å². The highest BCUT2D eigenvalue weighted by molar-refractivity contribution is 7.89. The number of hydrogen-bond acceptors (Lipinski definition) is 4. The fourth-order valence-electron chi connectivity index (χ4n) is 2.50. The summed E-state index contributed by atoms with van der Waals surface area (Å²) >= 11 is 0. The molecule has 1 unspecified atom stereocenters. The molecule has 8 heteroatoms. The third-order valence-corrected chi connectivity index (χ3v) is 5.58. The molecule has 2 fully saturated rings. The first-order valence-corrected chi connectivity index (χ1v) is 7.97. The summed E-state index contributed by atoms with van der Waals surface area (Å²) in [6.07, 6.45) is 2.91. The predicted molar refractivity (Wildman–Crippen MR) is 69.0 cm³/mol. The van der Waals surface area contributed by atoms with E-state index in [0.717, 1.165) is 12.8 Å². The van der Waals surface area contributed by atoms with Crippen LogP contribution in [0.4, 0.5) is 0 Å². The summed E-state index contributed by atoms with van der Waals surface area (Å²) in [5, 5.41) is 18.6. The highest BCUT2D eigenvalue weighted by atomic mass is 32.2. The van der Waals surface area contributed by atoms with E-state index in [4.69, 9.17) is 5.11 Å².